The van der Waals surface area contributed by atoms with Crippen LogP contribution in [0.3, 0.4) is 0 Å². The van der Waals surface area contributed by atoms with Gasteiger partial charge in [0, 0.05) is 5.69 Å². The molecule has 0 heterocycles. The highest BCUT2D eigenvalue weighted by Crippen LogP contribution is 2.35. The number of anilines is 1. The second-order valence-corrected chi connectivity index (χ2v) is 5.09. The number of nitrogens with two attached hydrogens (primary N) is 1. The molecule has 0 aliphatic heterocycles. The van der Waals surface area contributed by atoms with Crippen LogP contribution >= 0.6 is 11.6 Å². The molecule has 1 aliphatic carbocycles. The van der Waals surface area contributed by atoms with Crippen LogP contribution in [0.25, 0.3) is 0 Å². The molecule has 0 bridgehead atoms. The molecule has 1 saturated carbocycles. The highest BCUT2D eigenvalue weighted by atomic mass is 35.5. The summed E-state index contributed by atoms with van der Waals surface area (Å²) >= 11 is 6.10. The number of esters is 1. The average Bonchev–Trinajstić information content (AvgIpc) is 3.15. The Balaban J connectivity index is 2.14. The Labute approximate surface area is 117 Å². The summed E-state index contributed by atoms with van der Waals surface area (Å²) in [6.45, 7) is 2.60. The zero-order chi connectivity index (χ0) is 13.8. The maximum absolute atomic E-state index is 11.9. The Morgan fingerprint density at radius 3 is 2.84 bits per heavy atom. The van der Waals surface area contributed by atoms with Crippen LogP contribution in [-0.4, -0.2) is 19.2 Å². The minimum Gasteiger partial charge on any atom is -0.491 e. The molecule has 0 unspecified atom stereocenters. The Bertz CT molecular complexity index is 472. The van der Waals surface area contributed by atoms with Gasteiger partial charge in [-0.25, -0.2) is 4.79 Å². The fraction of sp³-hybridized carbons (Fsp3) is 0.500. The molecule has 104 valence electrons. The summed E-state index contributed by atoms with van der Waals surface area (Å²) in [4.78, 5) is 11.9. The van der Waals surface area contributed by atoms with Gasteiger partial charge < -0.3 is 15.2 Å². The monoisotopic (exact) mass is 283 g/mol. The molecular weight excluding hydrogens is 266 g/mol. The van der Waals surface area contributed by atoms with E-state index in [1.165, 1.54) is 18.9 Å². The Hall–Kier alpha value is -1.42. The number of nitrogen functional groups attached to an aromatic ring is 1. The number of halogens is 1. The minimum absolute atomic E-state index is 0.294. The number of hydrogen-bond donors (Lipinski definition) is 1. The molecule has 2 rings (SSSR count). The lowest BCUT2D eigenvalue weighted by molar-refractivity contribution is 0.0521. The van der Waals surface area contributed by atoms with Crippen molar-refractivity contribution in [2.24, 2.45) is 5.92 Å². The number of benzene rings is 1. The summed E-state index contributed by atoms with van der Waals surface area (Å²) < 4.78 is 10.6. The second kappa shape index (κ2) is 6.15. The first-order valence-electron chi connectivity index (χ1n) is 6.50. The zero-order valence-electron chi connectivity index (χ0n) is 10.9. The van der Waals surface area contributed by atoms with Crippen molar-refractivity contribution in [3.8, 4) is 5.75 Å². The number of hydrogen-bond acceptors (Lipinski definition) is 4. The maximum atomic E-state index is 11.9. The van der Waals surface area contributed by atoms with Crippen molar-refractivity contribution in [3.63, 3.8) is 0 Å². The molecule has 0 spiro atoms. The number of carbonyl (C=O) groups is 1. The van der Waals surface area contributed by atoms with Gasteiger partial charge in [0.15, 0.2) is 5.75 Å². The quantitative estimate of drug-likeness (QED) is 0.643. The highest BCUT2D eigenvalue weighted by Gasteiger charge is 2.22. The van der Waals surface area contributed by atoms with Gasteiger partial charge >= 0.3 is 5.97 Å². The second-order valence-electron chi connectivity index (χ2n) is 4.68. The molecule has 1 aromatic carbocycles. The third-order valence-electron chi connectivity index (χ3n) is 3.03. The molecular formula is C14H18ClNO3. The molecule has 0 aromatic heterocycles. The number of rotatable bonds is 6. The van der Waals surface area contributed by atoms with Gasteiger partial charge in [-0.15, -0.1) is 0 Å². The molecule has 1 aromatic rings. The third kappa shape index (κ3) is 3.77. The minimum atomic E-state index is -0.460. The molecule has 5 heteroatoms. The molecule has 1 aliphatic rings. The summed E-state index contributed by atoms with van der Waals surface area (Å²) in [5.74, 6) is 0.673. The van der Waals surface area contributed by atoms with Crippen LogP contribution in [-0.2, 0) is 4.74 Å². The first-order chi connectivity index (χ1) is 9.11. The maximum Gasteiger partial charge on any atom is 0.342 e. The predicted molar refractivity (Wildman–Crippen MR) is 74.7 cm³/mol. The van der Waals surface area contributed by atoms with Crippen LogP contribution in [0.5, 0.6) is 5.75 Å². The van der Waals surface area contributed by atoms with Crippen molar-refractivity contribution in [2.45, 2.75) is 26.2 Å². The van der Waals surface area contributed by atoms with Crippen LogP contribution in [0, 0.1) is 5.92 Å². The van der Waals surface area contributed by atoms with E-state index in [9.17, 15) is 4.79 Å². The van der Waals surface area contributed by atoms with Crippen LogP contribution in [0.2, 0.25) is 5.02 Å². The molecule has 0 radical (unpaired) electrons. The van der Waals surface area contributed by atoms with Gasteiger partial charge in [-0.2, -0.15) is 0 Å². The molecule has 19 heavy (non-hydrogen) atoms. The largest absolute Gasteiger partial charge is 0.491 e. The fourth-order valence-electron chi connectivity index (χ4n) is 1.86. The van der Waals surface area contributed by atoms with E-state index in [1.54, 1.807) is 13.0 Å². The summed E-state index contributed by atoms with van der Waals surface area (Å²) in [6, 6.07) is 3.12. The lowest BCUT2D eigenvalue weighted by Gasteiger charge is -2.13. The summed E-state index contributed by atoms with van der Waals surface area (Å²) in [5.41, 5.74) is 6.41. The van der Waals surface area contributed by atoms with Crippen molar-refractivity contribution >= 4 is 23.3 Å². The zero-order valence-corrected chi connectivity index (χ0v) is 11.7. The van der Waals surface area contributed by atoms with Crippen molar-refractivity contribution in [1.29, 1.82) is 0 Å². The molecule has 0 amide bonds. The van der Waals surface area contributed by atoms with E-state index in [0.717, 1.165) is 12.3 Å². The van der Waals surface area contributed by atoms with E-state index < -0.39 is 5.97 Å². The van der Waals surface area contributed by atoms with E-state index in [-0.39, 0.29) is 0 Å². The molecule has 1 fully saturated rings. The van der Waals surface area contributed by atoms with Gasteiger partial charge in [0.25, 0.3) is 0 Å². The lowest BCUT2D eigenvalue weighted by Crippen LogP contribution is -2.10. The van der Waals surface area contributed by atoms with Crippen molar-refractivity contribution < 1.29 is 14.3 Å². The Morgan fingerprint density at radius 2 is 2.21 bits per heavy atom. The smallest absolute Gasteiger partial charge is 0.342 e. The van der Waals surface area contributed by atoms with E-state index in [4.69, 9.17) is 26.8 Å². The summed E-state index contributed by atoms with van der Waals surface area (Å²) in [5, 5.41) is 0.346. The summed E-state index contributed by atoms with van der Waals surface area (Å²) in [7, 11) is 0. The predicted octanol–water partition coefficient (Wildman–Crippen LogP) is 3.28. The van der Waals surface area contributed by atoms with Crippen LogP contribution in [0.4, 0.5) is 5.69 Å². The average molecular weight is 284 g/mol. The molecule has 4 nitrogen and oxygen atoms in total. The van der Waals surface area contributed by atoms with Gasteiger partial charge in [0.05, 0.1) is 18.2 Å². The first kappa shape index (κ1) is 14.0. The number of ether oxygens (including phenoxy) is 2. The Morgan fingerprint density at radius 1 is 1.47 bits per heavy atom. The Kier molecular flexibility index (Phi) is 4.53. The van der Waals surface area contributed by atoms with E-state index in [1.807, 2.05) is 0 Å². The van der Waals surface area contributed by atoms with Crippen molar-refractivity contribution in [3.05, 3.63) is 22.7 Å². The first-order valence-corrected chi connectivity index (χ1v) is 6.88. The van der Waals surface area contributed by atoms with Gasteiger partial charge in [0.1, 0.15) is 5.56 Å². The summed E-state index contributed by atoms with van der Waals surface area (Å²) in [6.07, 6.45) is 3.52. The molecule has 0 atom stereocenters. The SMILES string of the molecule is CCOC(=O)c1cc(N)cc(Cl)c1OCCC1CC1. The fourth-order valence-corrected chi connectivity index (χ4v) is 2.14. The topological polar surface area (TPSA) is 61.5 Å². The highest BCUT2D eigenvalue weighted by molar-refractivity contribution is 6.33. The van der Waals surface area contributed by atoms with E-state index in [0.29, 0.717) is 35.2 Å². The van der Waals surface area contributed by atoms with E-state index in [2.05, 4.69) is 0 Å². The number of carbonyl (C=O) groups excluding carboxylic acids is 1. The van der Waals surface area contributed by atoms with Crippen molar-refractivity contribution in [2.75, 3.05) is 18.9 Å². The third-order valence-corrected chi connectivity index (χ3v) is 3.31. The van der Waals surface area contributed by atoms with Crippen LogP contribution < -0.4 is 10.5 Å². The van der Waals surface area contributed by atoms with Gasteiger partial charge in [0.2, 0.25) is 0 Å². The van der Waals surface area contributed by atoms with Crippen molar-refractivity contribution in [1.82, 2.24) is 0 Å². The molecule has 0 saturated heterocycles. The lowest BCUT2D eigenvalue weighted by atomic mass is 10.1. The van der Waals surface area contributed by atoms with Crippen LogP contribution in [0.1, 0.15) is 36.5 Å². The van der Waals surface area contributed by atoms with Gasteiger partial charge in [-0.3, -0.25) is 0 Å². The standard InChI is InChI=1S/C14H18ClNO3/c1-2-18-14(17)11-7-10(16)8-12(15)13(11)19-6-5-9-3-4-9/h7-9H,2-6,16H2,1H3. The van der Waals surface area contributed by atoms with Gasteiger partial charge in [-0.1, -0.05) is 24.4 Å². The van der Waals surface area contributed by atoms with Gasteiger partial charge in [-0.05, 0) is 31.4 Å². The van der Waals surface area contributed by atoms with E-state index >= 15 is 0 Å². The normalized spacial score (nSPS) is 14.2. The molecule has 2 N–H and O–H groups in total. The van der Waals surface area contributed by atoms with Crippen LogP contribution in [0.15, 0.2) is 12.1 Å².